The molecule has 0 saturated heterocycles. The number of aromatic nitrogens is 2. The van der Waals surface area contributed by atoms with Crippen molar-refractivity contribution in [1.82, 2.24) is 9.71 Å². The fraction of sp³-hybridized carbons (Fsp3) is 0.200. The first kappa shape index (κ1) is 11.4. The number of para-hydroxylation sites is 1. The highest BCUT2D eigenvalue weighted by atomic mass is 19.4. The van der Waals surface area contributed by atoms with Gasteiger partial charge in [0.25, 0.3) is 0 Å². The van der Waals surface area contributed by atoms with Gasteiger partial charge in [0.15, 0.2) is 5.69 Å². The van der Waals surface area contributed by atoms with Crippen molar-refractivity contribution in [2.45, 2.75) is 6.18 Å². The maximum absolute atomic E-state index is 12.7. The zero-order valence-corrected chi connectivity index (χ0v) is 8.65. The average Bonchev–Trinajstić information content (AvgIpc) is 2.27. The molecule has 17 heavy (non-hydrogen) atoms. The third kappa shape index (κ3) is 1.83. The Morgan fingerprint density at radius 1 is 1.29 bits per heavy atom. The van der Waals surface area contributed by atoms with Crippen molar-refractivity contribution < 1.29 is 18.0 Å². The lowest BCUT2D eigenvalue weighted by Gasteiger charge is -2.12. The Balaban J connectivity index is 2.94. The van der Waals surface area contributed by atoms with E-state index in [2.05, 4.69) is 4.98 Å². The highest BCUT2D eigenvalue weighted by Crippen LogP contribution is 2.31. The second-order valence-electron chi connectivity index (χ2n) is 3.23. The monoisotopic (exact) mass is 244 g/mol. The Hall–Kier alpha value is -2.05. The molecule has 4 nitrogen and oxygen atoms in total. The van der Waals surface area contributed by atoms with E-state index in [0.717, 1.165) is 0 Å². The van der Waals surface area contributed by atoms with Gasteiger partial charge in [-0.25, -0.2) is 4.79 Å². The first-order valence-electron chi connectivity index (χ1n) is 4.58. The summed E-state index contributed by atoms with van der Waals surface area (Å²) in [5.74, 6) is 0. The Labute approximate surface area is 93.2 Å². The zero-order valence-electron chi connectivity index (χ0n) is 8.65. The van der Waals surface area contributed by atoms with Gasteiger partial charge in [-0.2, -0.15) is 18.2 Å². The minimum Gasteiger partial charge on any atom is -0.412 e. The molecule has 0 radical (unpaired) electrons. The van der Waals surface area contributed by atoms with Gasteiger partial charge < -0.3 is 4.84 Å². The molecular formula is C10H7F3N2O2. The molecule has 0 bridgehead atoms. The maximum Gasteiger partial charge on any atom is 0.434 e. The Bertz CT molecular complexity index is 619. The molecule has 1 aromatic carbocycles. The van der Waals surface area contributed by atoms with E-state index in [9.17, 15) is 18.0 Å². The van der Waals surface area contributed by atoms with E-state index in [1.165, 1.54) is 31.4 Å². The molecule has 0 saturated carbocycles. The van der Waals surface area contributed by atoms with Gasteiger partial charge in [-0.3, -0.25) is 0 Å². The molecule has 0 aliphatic carbocycles. The van der Waals surface area contributed by atoms with Crippen molar-refractivity contribution in [3.05, 3.63) is 40.4 Å². The van der Waals surface area contributed by atoms with E-state index in [0.29, 0.717) is 4.73 Å². The summed E-state index contributed by atoms with van der Waals surface area (Å²) >= 11 is 0. The van der Waals surface area contributed by atoms with Crippen molar-refractivity contribution in [3.63, 3.8) is 0 Å². The lowest BCUT2D eigenvalue weighted by Crippen LogP contribution is -2.30. The highest BCUT2D eigenvalue weighted by Gasteiger charge is 2.35. The maximum atomic E-state index is 12.7. The third-order valence-electron chi connectivity index (χ3n) is 2.21. The van der Waals surface area contributed by atoms with Gasteiger partial charge in [-0.1, -0.05) is 18.2 Å². The van der Waals surface area contributed by atoms with Crippen LogP contribution in [0.25, 0.3) is 10.9 Å². The molecule has 90 valence electrons. The Morgan fingerprint density at radius 3 is 2.53 bits per heavy atom. The van der Waals surface area contributed by atoms with Crippen molar-refractivity contribution in [2.24, 2.45) is 0 Å². The number of alkyl halides is 3. The van der Waals surface area contributed by atoms with Gasteiger partial charge in [-0.15, -0.1) is 4.73 Å². The van der Waals surface area contributed by atoms with Gasteiger partial charge >= 0.3 is 11.9 Å². The summed E-state index contributed by atoms with van der Waals surface area (Å²) in [7, 11) is 1.18. The van der Waals surface area contributed by atoms with Gasteiger partial charge in [0.05, 0.1) is 5.52 Å². The van der Waals surface area contributed by atoms with Crippen molar-refractivity contribution in [2.75, 3.05) is 7.11 Å². The molecule has 7 heteroatoms. The van der Waals surface area contributed by atoms with Crippen LogP contribution in [0, 0.1) is 0 Å². The summed E-state index contributed by atoms with van der Waals surface area (Å²) in [5, 5.41) is -0.179. The molecule has 0 unspecified atom stereocenters. The summed E-state index contributed by atoms with van der Waals surface area (Å²) in [6.45, 7) is 0. The van der Waals surface area contributed by atoms with Crippen molar-refractivity contribution >= 4 is 10.9 Å². The summed E-state index contributed by atoms with van der Waals surface area (Å²) in [6.07, 6.45) is -4.68. The third-order valence-corrected chi connectivity index (χ3v) is 2.21. The summed E-state index contributed by atoms with van der Waals surface area (Å²) in [6, 6.07) is 5.54. The van der Waals surface area contributed by atoms with Gasteiger partial charge in [0, 0.05) is 5.39 Å². The van der Waals surface area contributed by atoms with Crippen LogP contribution in [-0.4, -0.2) is 16.8 Å². The largest absolute Gasteiger partial charge is 0.434 e. The number of fused-ring (bicyclic) bond motifs is 1. The molecule has 2 rings (SSSR count). The minimum absolute atomic E-state index is 0.0299. The van der Waals surface area contributed by atoms with Crippen LogP contribution in [0.2, 0.25) is 0 Å². The van der Waals surface area contributed by atoms with Crippen LogP contribution in [0.1, 0.15) is 5.69 Å². The molecule has 0 aliphatic heterocycles. The quantitative estimate of drug-likeness (QED) is 0.763. The Morgan fingerprint density at radius 2 is 1.94 bits per heavy atom. The van der Waals surface area contributed by atoms with E-state index in [1.807, 2.05) is 0 Å². The van der Waals surface area contributed by atoms with Crippen molar-refractivity contribution in [3.8, 4) is 0 Å². The number of hydrogen-bond acceptors (Lipinski definition) is 3. The fourth-order valence-electron chi connectivity index (χ4n) is 1.55. The zero-order chi connectivity index (χ0) is 12.6. The molecule has 1 heterocycles. The van der Waals surface area contributed by atoms with Crippen LogP contribution in [0.4, 0.5) is 13.2 Å². The minimum atomic E-state index is -4.68. The van der Waals surface area contributed by atoms with Gasteiger partial charge in [-0.05, 0) is 6.07 Å². The molecule has 0 atom stereocenters. The summed E-state index contributed by atoms with van der Waals surface area (Å²) in [5.41, 5.74) is -2.27. The molecule has 0 aliphatic rings. The summed E-state index contributed by atoms with van der Waals surface area (Å²) < 4.78 is 38.8. The normalized spacial score (nSPS) is 11.8. The second kappa shape index (κ2) is 3.76. The number of hydrogen-bond donors (Lipinski definition) is 0. The number of rotatable bonds is 1. The molecule has 0 fully saturated rings. The van der Waals surface area contributed by atoms with Crippen LogP contribution in [0.5, 0.6) is 0 Å². The van der Waals surface area contributed by atoms with E-state index >= 15 is 0 Å². The first-order chi connectivity index (χ1) is 7.95. The number of benzene rings is 1. The van der Waals surface area contributed by atoms with Crippen LogP contribution < -0.4 is 10.5 Å². The van der Waals surface area contributed by atoms with E-state index in [1.54, 1.807) is 0 Å². The van der Waals surface area contributed by atoms with E-state index < -0.39 is 17.6 Å². The predicted molar refractivity (Wildman–Crippen MR) is 53.5 cm³/mol. The Kier molecular flexibility index (Phi) is 2.53. The van der Waals surface area contributed by atoms with Gasteiger partial charge in [0.2, 0.25) is 0 Å². The molecule has 0 spiro atoms. The second-order valence-corrected chi connectivity index (χ2v) is 3.23. The van der Waals surface area contributed by atoms with Crippen LogP contribution in [-0.2, 0) is 6.18 Å². The van der Waals surface area contributed by atoms with E-state index in [4.69, 9.17) is 4.84 Å². The SMILES string of the molecule is COn1c(=O)nc(C(F)(F)F)c2ccccc21. The van der Waals surface area contributed by atoms with Crippen LogP contribution >= 0.6 is 0 Å². The van der Waals surface area contributed by atoms with Crippen molar-refractivity contribution in [1.29, 1.82) is 0 Å². The predicted octanol–water partition coefficient (Wildman–Crippen LogP) is 1.47. The number of nitrogens with zero attached hydrogens (tertiary/aromatic N) is 2. The molecular weight excluding hydrogens is 237 g/mol. The smallest absolute Gasteiger partial charge is 0.412 e. The summed E-state index contributed by atoms with van der Waals surface area (Å²) in [4.78, 5) is 19.1. The first-order valence-corrected chi connectivity index (χ1v) is 4.58. The molecule has 2 aromatic rings. The molecule has 0 amide bonds. The lowest BCUT2D eigenvalue weighted by atomic mass is 10.2. The standard InChI is InChI=1S/C10H7F3N2O2/c1-17-15-7-5-3-2-4-6(7)8(10(11,12)13)14-9(15)16/h2-5H,1H3. The topological polar surface area (TPSA) is 44.1 Å². The number of halogens is 3. The van der Waals surface area contributed by atoms with E-state index in [-0.39, 0.29) is 10.9 Å². The van der Waals surface area contributed by atoms with Crippen LogP contribution in [0.3, 0.4) is 0 Å². The fourth-order valence-corrected chi connectivity index (χ4v) is 1.55. The molecule has 0 N–H and O–H groups in total. The average molecular weight is 244 g/mol. The van der Waals surface area contributed by atoms with Crippen LogP contribution in [0.15, 0.2) is 29.1 Å². The highest BCUT2D eigenvalue weighted by molar-refractivity contribution is 5.81. The van der Waals surface area contributed by atoms with Gasteiger partial charge in [0.1, 0.15) is 7.11 Å². The lowest BCUT2D eigenvalue weighted by molar-refractivity contribution is -0.140. The molecule has 1 aromatic heterocycles.